The fourth-order valence-corrected chi connectivity index (χ4v) is 8.07. The molecule has 0 atom stereocenters. The number of nitrogens with zero attached hydrogens (tertiary/aromatic N) is 2. The summed E-state index contributed by atoms with van der Waals surface area (Å²) in [6.45, 7) is 4.99. The second kappa shape index (κ2) is 17.4. The summed E-state index contributed by atoms with van der Waals surface area (Å²) in [5.74, 6) is 0. The van der Waals surface area contributed by atoms with Crippen LogP contribution in [0.4, 0.5) is 5.69 Å². The number of benzene rings is 4. The van der Waals surface area contributed by atoms with E-state index in [-0.39, 0.29) is 40.7 Å². The maximum absolute atomic E-state index is 12.4. The molecule has 0 aliphatic heterocycles. The molecule has 13 nitrogen and oxygen atoms in total. The van der Waals surface area contributed by atoms with Gasteiger partial charge in [-0.3, -0.25) is 0 Å². The highest BCUT2D eigenvalue weighted by Crippen LogP contribution is 2.35. The van der Waals surface area contributed by atoms with Gasteiger partial charge in [0.1, 0.15) is 36.9 Å². The summed E-state index contributed by atoms with van der Waals surface area (Å²) in [6.07, 6.45) is 7.11. The van der Waals surface area contributed by atoms with Crippen molar-refractivity contribution in [3.8, 4) is 0 Å². The van der Waals surface area contributed by atoms with Gasteiger partial charge in [0.25, 0.3) is 0 Å². The number of anilines is 1. The number of quaternary nitrogens is 2. The quantitative estimate of drug-likeness (QED) is 0.129. The Morgan fingerprint density at radius 1 is 0.604 bits per heavy atom. The Kier molecular flexibility index (Phi) is 14.0. The summed E-state index contributed by atoms with van der Waals surface area (Å²) in [5.41, 5.74) is 3.93. The number of rotatable bonds is 12. The minimum Gasteiger partial charge on any atom is -0.744 e. The molecule has 4 aromatic carbocycles. The molecule has 0 saturated heterocycles. The SMILES string of the molecule is CCN(Cc1ccccc1S(=O)(=O)[O-])c1ccc(C(=C2C=CC(=[N+](CC)Cc3ccccc3S(=O)(=O)[O-])C=C2)c2ccccc2S(=O)(=O)[O-])cc1.[NH4+].[NH4+]. The Hall–Kier alpha value is -4.78. The topological polar surface area (TPSA) is 251 Å². The van der Waals surface area contributed by atoms with E-state index in [4.69, 9.17) is 0 Å². The normalized spacial score (nSPS) is 12.8. The third kappa shape index (κ3) is 10.0. The van der Waals surface area contributed by atoms with Gasteiger partial charge in [-0.2, -0.15) is 0 Å². The van der Waals surface area contributed by atoms with Crippen LogP contribution in [-0.4, -0.2) is 62.3 Å². The first-order valence-corrected chi connectivity index (χ1v) is 20.0. The van der Waals surface area contributed by atoms with Gasteiger partial charge in [0.2, 0.25) is 0 Å². The summed E-state index contributed by atoms with van der Waals surface area (Å²) in [7, 11) is -14.3. The first-order valence-electron chi connectivity index (χ1n) is 15.8. The zero-order valence-corrected chi connectivity index (χ0v) is 32.1. The molecule has 4 aromatic rings. The van der Waals surface area contributed by atoms with E-state index in [0.717, 1.165) is 0 Å². The van der Waals surface area contributed by atoms with Crippen LogP contribution >= 0.6 is 0 Å². The molecule has 282 valence electrons. The van der Waals surface area contributed by atoms with Crippen molar-refractivity contribution in [2.24, 2.45) is 0 Å². The summed E-state index contributed by atoms with van der Waals surface area (Å²) in [5, 5.41) is 0. The van der Waals surface area contributed by atoms with Gasteiger partial charge in [-0.15, -0.1) is 0 Å². The summed E-state index contributed by atoms with van der Waals surface area (Å²) in [6, 6.07) is 25.0. The van der Waals surface area contributed by atoms with Crippen LogP contribution in [0.15, 0.2) is 142 Å². The van der Waals surface area contributed by atoms with Gasteiger partial charge in [-0.1, -0.05) is 66.7 Å². The molecule has 0 radical (unpaired) electrons. The third-order valence-electron chi connectivity index (χ3n) is 8.44. The predicted octanol–water partition coefficient (Wildman–Crippen LogP) is 5.78. The highest BCUT2D eigenvalue weighted by Gasteiger charge is 2.21. The average molecular weight is 783 g/mol. The van der Waals surface area contributed by atoms with Crippen molar-refractivity contribution < 1.29 is 43.5 Å². The second-order valence-electron chi connectivity index (χ2n) is 11.6. The van der Waals surface area contributed by atoms with Gasteiger partial charge in [0.15, 0.2) is 12.3 Å². The van der Waals surface area contributed by atoms with Crippen LogP contribution in [0, 0.1) is 0 Å². The minimum absolute atomic E-state index is 0. The maximum Gasteiger partial charge on any atom is 0.200 e. The van der Waals surface area contributed by atoms with Gasteiger partial charge in [0.05, 0.1) is 14.7 Å². The average Bonchev–Trinajstić information content (AvgIpc) is 3.10. The fourth-order valence-electron chi connectivity index (χ4n) is 5.99. The number of hydrogen-bond acceptors (Lipinski definition) is 10. The molecule has 1 aliphatic rings. The lowest BCUT2D eigenvalue weighted by atomic mass is 9.90. The Labute approximate surface area is 310 Å². The lowest BCUT2D eigenvalue weighted by Crippen LogP contribution is -2.23. The van der Waals surface area contributed by atoms with Crippen molar-refractivity contribution in [3.63, 3.8) is 0 Å². The summed E-state index contributed by atoms with van der Waals surface area (Å²) >= 11 is 0. The van der Waals surface area contributed by atoms with Crippen molar-refractivity contribution in [2.75, 3.05) is 18.0 Å². The Morgan fingerprint density at radius 3 is 1.58 bits per heavy atom. The molecule has 0 saturated carbocycles. The Balaban J connectivity index is 0.00000378. The van der Waals surface area contributed by atoms with Crippen LogP contribution in [-0.2, 0) is 43.4 Å². The first kappa shape index (κ1) is 42.6. The number of hydrogen-bond donors (Lipinski definition) is 2. The number of allylic oxidation sites excluding steroid dienone is 5. The van der Waals surface area contributed by atoms with Crippen LogP contribution in [0.5, 0.6) is 0 Å². The standard InChI is InChI=1S/C37H36N2O9S3.2H3N/c1-3-38(25-29-11-5-8-14-34(29)49(40,41)42)31-21-17-27(18-22-31)37(33-13-7-10-16-36(33)51(46,47)48)28-19-23-32(24-20-28)39(4-2)26-30-12-6-9-15-35(30)50(43,44)45;;/h5-24H,3-4,25-26H2,1-2H3,(H2-,40,41,42,43,44,45,46,47,48);2*1H3. The largest absolute Gasteiger partial charge is 0.744 e. The van der Waals surface area contributed by atoms with E-state index in [0.29, 0.717) is 52.3 Å². The Bertz CT molecular complexity index is 2400. The third-order valence-corrected chi connectivity index (χ3v) is 11.2. The van der Waals surface area contributed by atoms with E-state index in [1.165, 1.54) is 36.4 Å². The van der Waals surface area contributed by atoms with E-state index >= 15 is 0 Å². The van der Waals surface area contributed by atoms with Crippen molar-refractivity contribution in [3.05, 3.63) is 149 Å². The maximum atomic E-state index is 12.4. The molecule has 16 heteroatoms. The van der Waals surface area contributed by atoms with Gasteiger partial charge >= 0.3 is 0 Å². The van der Waals surface area contributed by atoms with Crippen molar-refractivity contribution in [1.29, 1.82) is 0 Å². The summed E-state index contributed by atoms with van der Waals surface area (Å²) in [4.78, 5) is 0.893. The molecule has 0 amide bonds. The molecule has 0 fully saturated rings. The monoisotopic (exact) mass is 782 g/mol. The van der Waals surface area contributed by atoms with E-state index in [2.05, 4.69) is 0 Å². The highest BCUT2D eigenvalue weighted by molar-refractivity contribution is 7.86. The first-order chi connectivity index (χ1) is 24.1. The molecular formula is C37H42N4O9S3. The van der Waals surface area contributed by atoms with E-state index in [1.807, 2.05) is 23.3 Å². The van der Waals surface area contributed by atoms with Crippen LogP contribution in [0.3, 0.4) is 0 Å². The van der Waals surface area contributed by atoms with Gasteiger partial charge in [-0.25, -0.2) is 29.8 Å². The molecule has 5 rings (SSSR count). The molecule has 1 aliphatic carbocycles. The predicted molar refractivity (Wildman–Crippen MR) is 202 cm³/mol. The van der Waals surface area contributed by atoms with Crippen LogP contribution in [0.1, 0.15) is 36.1 Å². The highest BCUT2D eigenvalue weighted by atomic mass is 32.2. The minimum atomic E-state index is -4.88. The fraction of sp³-hybridized carbons (Fsp3) is 0.162. The molecule has 0 bridgehead atoms. The summed E-state index contributed by atoms with van der Waals surface area (Å²) < 4.78 is 110. The molecular weight excluding hydrogens is 741 g/mol. The van der Waals surface area contributed by atoms with Crippen molar-refractivity contribution in [2.45, 2.75) is 41.6 Å². The van der Waals surface area contributed by atoms with E-state index in [1.54, 1.807) is 85.0 Å². The molecule has 53 heavy (non-hydrogen) atoms. The second-order valence-corrected chi connectivity index (χ2v) is 15.6. The van der Waals surface area contributed by atoms with Crippen molar-refractivity contribution in [1.82, 2.24) is 12.3 Å². The lowest BCUT2D eigenvalue weighted by Gasteiger charge is -2.26. The van der Waals surface area contributed by atoms with Crippen LogP contribution in [0.2, 0.25) is 0 Å². The molecule has 0 unspecified atom stereocenters. The lowest BCUT2D eigenvalue weighted by molar-refractivity contribution is -0.539. The van der Waals surface area contributed by atoms with E-state index in [9.17, 15) is 38.9 Å². The molecule has 0 spiro atoms. The van der Waals surface area contributed by atoms with Crippen molar-refractivity contribution >= 4 is 47.3 Å². The van der Waals surface area contributed by atoms with Crippen LogP contribution < -0.4 is 17.2 Å². The van der Waals surface area contributed by atoms with Gasteiger partial charge in [-0.05, 0) is 78.6 Å². The van der Waals surface area contributed by atoms with Crippen LogP contribution in [0.25, 0.3) is 5.57 Å². The molecule has 0 heterocycles. The smallest absolute Gasteiger partial charge is 0.200 e. The van der Waals surface area contributed by atoms with Gasteiger partial charge < -0.3 is 30.9 Å². The molecule has 8 N–H and O–H groups in total. The zero-order chi connectivity index (χ0) is 37.0. The Morgan fingerprint density at radius 2 is 1.08 bits per heavy atom. The van der Waals surface area contributed by atoms with Gasteiger partial charge in [0, 0.05) is 42.1 Å². The zero-order valence-electron chi connectivity index (χ0n) is 29.7. The van der Waals surface area contributed by atoms with E-state index < -0.39 is 35.2 Å². The molecule has 0 aromatic heterocycles.